The van der Waals surface area contributed by atoms with E-state index in [9.17, 15) is 4.79 Å². The SMILES string of the molecule is CN1CCc2c(sc(NC(=O)c3ccno3)c2-c2nc3ccccc3s2)C1. The molecule has 136 valence electrons. The van der Waals surface area contributed by atoms with Crippen molar-refractivity contribution in [1.82, 2.24) is 15.0 Å². The molecule has 3 aromatic heterocycles. The molecule has 0 saturated carbocycles. The number of nitrogens with zero attached hydrogens (tertiary/aromatic N) is 3. The molecule has 4 aromatic rings. The second kappa shape index (κ2) is 6.56. The summed E-state index contributed by atoms with van der Waals surface area (Å²) in [5.41, 5.74) is 3.33. The van der Waals surface area contributed by atoms with Crippen LogP contribution < -0.4 is 5.32 Å². The summed E-state index contributed by atoms with van der Waals surface area (Å²) in [7, 11) is 2.12. The highest BCUT2D eigenvalue weighted by atomic mass is 32.1. The number of para-hydroxylation sites is 1. The Kier molecular flexibility index (Phi) is 4.04. The molecule has 0 atom stereocenters. The number of hydrogen-bond donors (Lipinski definition) is 1. The Morgan fingerprint density at radius 3 is 2.96 bits per heavy atom. The molecular weight excluding hydrogens is 380 g/mol. The lowest BCUT2D eigenvalue weighted by Crippen LogP contribution is -2.25. The molecule has 1 aliphatic heterocycles. The first-order valence-electron chi connectivity index (χ1n) is 8.60. The fourth-order valence-electron chi connectivity index (χ4n) is 3.32. The standard InChI is InChI=1S/C19H16N4O2S2/c1-23-9-7-11-15(10-23)27-19(22-17(24)13-6-8-20-25-13)16(11)18-21-12-4-2-3-5-14(12)26-18/h2-6,8H,7,9-10H2,1H3,(H,22,24). The van der Waals surface area contributed by atoms with Gasteiger partial charge in [-0.15, -0.1) is 22.7 Å². The largest absolute Gasteiger partial charge is 0.351 e. The minimum absolute atomic E-state index is 0.203. The molecule has 8 heteroatoms. The van der Waals surface area contributed by atoms with E-state index < -0.39 is 0 Å². The van der Waals surface area contributed by atoms with Crippen molar-refractivity contribution in [3.63, 3.8) is 0 Å². The molecular formula is C19H16N4O2S2. The minimum atomic E-state index is -0.290. The number of rotatable bonds is 3. The average molecular weight is 396 g/mol. The number of fused-ring (bicyclic) bond motifs is 2. The molecule has 0 unspecified atom stereocenters. The Morgan fingerprint density at radius 1 is 1.26 bits per heavy atom. The van der Waals surface area contributed by atoms with E-state index in [0.717, 1.165) is 45.3 Å². The van der Waals surface area contributed by atoms with Crippen molar-refractivity contribution in [3.05, 3.63) is 52.7 Å². The summed E-state index contributed by atoms with van der Waals surface area (Å²) in [6.45, 7) is 1.88. The van der Waals surface area contributed by atoms with E-state index in [-0.39, 0.29) is 11.7 Å². The highest BCUT2D eigenvalue weighted by Gasteiger charge is 2.27. The fraction of sp³-hybridized carbons (Fsp3) is 0.211. The van der Waals surface area contributed by atoms with Crippen molar-refractivity contribution in [2.75, 3.05) is 18.9 Å². The van der Waals surface area contributed by atoms with Gasteiger partial charge in [-0.1, -0.05) is 17.3 Å². The van der Waals surface area contributed by atoms with Crippen molar-refractivity contribution >= 4 is 43.8 Å². The van der Waals surface area contributed by atoms with E-state index in [1.54, 1.807) is 28.7 Å². The number of nitrogens with one attached hydrogen (secondary N) is 1. The van der Waals surface area contributed by atoms with Crippen LogP contribution in [0.15, 0.2) is 41.1 Å². The zero-order valence-corrected chi connectivity index (χ0v) is 16.2. The Morgan fingerprint density at radius 2 is 2.15 bits per heavy atom. The summed E-state index contributed by atoms with van der Waals surface area (Å²) in [5, 5.41) is 8.42. The lowest BCUT2D eigenvalue weighted by molar-refractivity contribution is 0.0988. The number of thiazole rings is 1. The van der Waals surface area contributed by atoms with Crippen LogP contribution in [-0.2, 0) is 13.0 Å². The molecule has 0 bridgehead atoms. The molecule has 0 radical (unpaired) electrons. The summed E-state index contributed by atoms with van der Waals surface area (Å²) in [6.07, 6.45) is 2.42. The number of likely N-dealkylation sites (N-methyl/N-ethyl adjacent to an activating group) is 1. The average Bonchev–Trinajstić information content (AvgIpc) is 3.38. The van der Waals surface area contributed by atoms with E-state index in [1.165, 1.54) is 16.6 Å². The van der Waals surface area contributed by atoms with Crippen LogP contribution in [0.3, 0.4) is 0 Å². The highest BCUT2D eigenvalue weighted by molar-refractivity contribution is 7.22. The van der Waals surface area contributed by atoms with E-state index in [4.69, 9.17) is 9.51 Å². The van der Waals surface area contributed by atoms with Crippen LogP contribution in [0.5, 0.6) is 0 Å². The molecule has 0 aliphatic carbocycles. The van der Waals surface area contributed by atoms with Gasteiger partial charge in [0.1, 0.15) is 10.0 Å². The number of hydrogen-bond acceptors (Lipinski definition) is 7. The maximum absolute atomic E-state index is 12.5. The third-order valence-electron chi connectivity index (χ3n) is 4.64. The number of amides is 1. The van der Waals surface area contributed by atoms with Gasteiger partial charge in [0.25, 0.3) is 5.91 Å². The van der Waals surface area contributed by atoms with Crippen molar-refractivity contribution in [3.8, 4) is 10.6 Å². The summed E-state index contributed by atoms with van der Waals surface area (Å²) in [6, 6.07) is 9.68. The Bertz CT molecular complexity index is 1100. The number of anilines is 1. The van der Waals surface area contributed by atoms with Crippen LogP contribution in [-0.4, -0.2) is 34.5 Å². The zero-order chi connectivity index (χ0) is 18.4. The summed E-state index contributed by atoms with van der Waals surface area (Å²) >= 11 is 3.29. The van der Waals surface area contributed by atoms with Crippen molar-refractivity contribution in [2.24, 2.45) is 0 Å². The second-order valence-electron chi connectivity index (χ2n) is 6.51. The second-order valence-corrected chi connectivity index (χ2v) is 8.65. The molecule has 1 amide bonds. The third-order valence-corrected chi connectivity index (χ3v) is 6.83. The molecule has 1 aromatic carbocycles. The molecule has 1 aliphatic rings. The molecule has 0 spiro atoms. The van der Waals surface area contributed by atoms with Gasteiger partial charge in [0.15, 0.2) is 0 Å². The number of carbonyl (C=O) groups is 1. The summed E-state index contributed by atoms with van der Waals surface area (Å²) < 4.78 is 6.15. The lowest BCUT2D eigenvalue weighted by Gasteiger charge is -2.22. The minimum Gasteiger partial charge on any atom is -0.351 e. The van der Waals surface area contributed by atoms with Gasteiger partial charge in [-0.25, -0.2) is 4.98 Å². The maximum atomic E-state index is 12.5. The van der Waals surface area contributed by atoms with Gasteiger partial charge < -0.3 is 14.7 Å². The van der Waals surface area contributed by atoms with E-state index in [1.807, 2.05) is 18.2 Å². The third kappa shape index (κ3) is 2.95. The topological polar surface area (TPSA) is 71.3 Å². The van der Waals surface area contributed by atoms with E-state index in [0.29, 0.717) is 0 Å². The molecule has 0 saturated heterocycles. The molecule has 27 heavy (non-hydrogen) atoms. The molecule has 5 rings (SSSR count). The van der Waals surface area contributed by atoms with Gasteiger partial charge in [-0.2, -0.15) is 0 Å². The van der Waals surface area contributed by atoms with Crippen LogP contribution >= 0.6 is 22.7 Å². The van der Waals surface area contributed by atoms with Crippen molar-refractivity contribution in [1.29, 1.82) is 0 Å². The molecule has 6 nitrogen and oxygen atoms in total. The number of carbonyl (C=O) groups excluding carboxylic acids is 1. The Hall–Kier alpha value is -2.55. The number of thiophene rings is 1. The quantitative estimate of drug-likeness (QED) is 0.560. The first-order chi connectivity index (χ1) is 13.2. The number of benzene rings is 1. The predicted octanol–water partition coefficient (Wildman–Crippen LogP) is 4.25. The van der Waals surface area contributed by atoms with Gasteiger partial charge in [0.2, 0.25) is 5.76 Å². The van der Waals surface area contributed by atoms with Crippen LogP contribution in [0.25, 0.3) is 20.8 Å². The maximum Gasteiger partial charge on any atom is 0.294 e. The monoisotopic (exact) mass is 396 g/mol. The van der Waals surface area contributed by atoms with Crippen LogP contribution in [0.2, 0.25) is 0 Å². The lowest BCUT2D eigenvalue weighted by atomic mass is 10.0. The van der Waals surface area contributed by atoms with Gasteiger partial charge in [0, 0.05) is 29.6 Å². The fourth-order valence-corrected chi connectivity index (χ4v) is 5.76. The predicted molar refractivity (Wildman–Crippen MR) is 107 cm³/mol. The van der Waals surface area contributed by atoms with Crippen molar-refractivity contribution in [2.45, 2.75) is 13.0 Å². The van der Waals surface area contributed by atoms with Gasteiger partial charge in [-0.05, 0) is 31.2 Å². The van der Waals surface area contributed by atoms with E-state index in [2.05, 4.69) is 28.5 Å². The molecule has 1 N–H and O–H groups in total. The van der Waals surface area contributed by atoms with Crippen LogP contribution in [0.4, 0.5) is 5.00 Å². The van der Waals surface area contributed by atoms with Gasteiger partial charge >= 0.3 is 0 Å². The first kappa shape index (κ1) is 16.6. The highest BCUT2D eigenvalue weighted by Crippen LogP contribution is 2.45. The van der Waals surface area contributed by atoms with Gasteiger partial charge in [-0.3, -0.25) is 4.79 Å². The zero-order valence-electron chi connectivity index (χ0n) is 14.6. The summed E-state index contributed by atoms with van der Waals surface area (Å²) in [5.74, 6) is -0.0875. The summed E-state index contributed by atoms with van der Waals surface area (Å²) in [4.78, 5) is 21.0. The Balaban J connectivity index is 1.62. The normalized spacial score (nSPS) is 14.4. The van der Waals surface area contributed by atoms with E-state index >= 15 is 0 Å². The smallest absolute Gasteiger partial charge is 0.294 e. The van der Waals surface area contributed by atoms with Crippen LogP contribution in [0, 0.1) is 0 Å². The van der Waals surface area contributed by atoms with Crippen LogP contribution in [0.1, 0.15) is 21.0 Å². The van der Waals surface area contributed by atoms with Crippen molar-refractivity contribution < 1.29 is 9.32 Å². The molecule has 4 heterocycles. The molecule has 0 fully saturated rings. The van der Waals surface area contributed by atoms with Gasteiger partial charge in [0.05, 0.1) is 16.4 Å². The Labute approximate surface area is 163 Å². The number of aromatic nitrogens is 2. The first-order valence-corrected chi connectivity index (χ1v) is 10.2.